The van der Waals surface area contributed by atoms with E-state index in [1.165, 1.54) is 0 Å². The van der Waals surface area contributed by atoms with E-state index in [1.54, 1.807) is 0 Å². The van der Waals surface area contributed by atoms with Gasteiger partial charge >= 0.3 is 5.97 Å². The molecule has 0 aromatic heterocycles. The maximum Gasteiger partial charge on any atom is 0.331 e. The number of esters is 1. The lowest BCUT2D eigenvalue weighted by atomic mass is 9.84. The molecule has 0 saturated carbocycles. The number of hydrogen-bond acceptors (Lipinski definition) is 3. The van der Waals surface area contributed by atoms with Crippen LogP contribution in [-0.4, -0.2) is 18.1 Å². The number of hydrogen-bond donors (Lipinski definition) is 1. The Balaban J connectivity index is 3.03. The summed E-state index contributed by atoms with van der Waals surface area (Å²) in [6, 6.07) is 7.89. The lowest BCUT2D eigenvalue weighted by Gasteiger charge is -2.34. The molecule has 0 aliphatic rings. The van der Waals surface area contributed by atoms with Crippen LogP contribution in [0.2, 0.25) is 0 Å². The predicted octanol–water partition coefficient (Wildman–Crippen LogP) is 5.01. The summed E-state index contributed by atoms with van der Waals surface area (Å²) in [6.07, 6.45) is 2.52. The van der Waals surface area contributed by atoms with Gasteiger partial charge in [-0.1, -0.05) is 43.1 Å². The van der Waals surface area contributed by atoms with Crippen LogP contribution < -0.4 is 5.32 Å². The van der Waals surface area contributed by atoms with Crippen LogP contribution in [0.4, 0.5) is 5.69 Å². The molecule has 0 radical (unpaired) electrons. The Morgan fingerprint density at radius 1 is 1.29 bits per heavy atom. The second kappa shape index (κ2) is 8.42. The molecule has 0 saturated heterocycles. The molecule has 4 heteroatoms. The zero-order chi connectivity index (χ0) is 15.9. The van der Waals surface area contributed by atoms with Gasteiger partial charge in [-0.3, -0.25) is 0 Å². The van der Waals surface area contributed by atoms with Crippen LogP contribution in [0.3, 0.4) is 0 Å². The topological polar surface area (TPSA) is 38.3 Å². The van der Waals surface area contributed by atoms with Gasteiger partial charge in [-0.05, 0) is 49.9 Å². The van der Waals surface area contributed by atoms with Gasteiger partial charge in [0.25, 0.3) is 0 Å². The molecular formula is C17H26BrNO2. The summed E-state index contributed by atoms with van der Waals surface area (Å²) in [7, 11) is 0. The molecule has 1 aromatic carbocycles. The van der Waals surface area contributed by atoms with Crippen molar-refractivity contribution in [2.75, 3.05) is 11.9 Å². The number of carbonyl (C=O) groups is 1. The Kier molecular flexibility index (Phi) is 7.23. The van der Waals surface area contributed by atoms with Crippen molar-refractivity contribution in [2.45, 2.75) is 52.5 Å². The minimum Gasteiger partial charge on any atom is -0.464 e. The fourth-order valence-corrected chi connectivity index (χ4v) is 2.64. The Morgan fingerprint density at radius 2 is 1.90 bits per heavy atom. The molecule has 0 spiro atoms. The second-order valence-corrected chi connectivity index (χ2v) is 6.42. The maximum atomic E-state index is 12.5. The van der Waals surface area contributed by atoms with Crippen LogP contribution in [0.5, 0.6) is 0 Å². The summed E-state index contributed by atoms with van der Waals surface area (Å²) in [5.41, 5.74) is 0.288. The molecule has 1 aromatic rings. The van der Waals surface area contributed by atoms with Gasteiger partial charge in [0.1, 0.15) is 5.54 Å². The molecule has 1 N–H and O–H groups in total. The third-order valence-electron chi connectivity index (χ3n) is 3.89. The van der Waals surface area contributed by atoms with Crippen molar-refractivity contribution in [1.82, 2.24) is 0 Å². The fraction of sp³-hybridized carbons (Fsp3) is 0.588. The van der Waals surface area contributed by atoms with Gasteiger partial charge in [-0.15, -0.1) is 0 Å². The van der Waals surface area contributed by atoms with Gasteiger partial charge in [0.05, 0.1) is 6.61 Å². The third-order valence-corrected chi connectivity index (χ3v) is 4.42. The van der Waals surface area contributed by atoms with Gasteiger partial charge in [0, 0.05) is 10.2 Å². The molecule has 1 rings (SSSR count). The molecule has 0 aliphatic carbocycles. The molecule has 3 nitrogen and oxygen atoms in total. The number of benzene rings is 1. The normalized spacial score (nSPS) is 15.1. The van der Waals surface area contributed by atoms with E-state index in [0.717, 1.165) is 23.0 Å². The highest BCUT2D eigenvalue weighted by Crippen LogP contribution is 2.29. The van der Waals surface area contributed by atoms with Crippen molar-refractivity contribution in [3.63, 3.8) is 0 Å². The lowest BCUT2D eigenvalue weighted by Crippen LogP contribution is -2.48. The average Bonchev–Trinajstić information content (AvgIpc) is 2.48. The largest absolute Gasteiger partial charge is 0.464 e. The molecule has 0 bridgehead atoms. The first-order chi connectivity index (χ1) is 9.97. The quantitative estimate of drug-likeness (QED) is 0.666. The van der Waals surface area contributed by atoms with Crippen LogP contribution in [0.25, 0.3) is 0 Å². The first-order valence-electron chi connectivity index (χ1n) is 7.68. The van der Waals surface area contributed by atoms with Gasteiger partial charge in [-0.2, -0.15) is 0 Å². The summed E-state index contributed by atoms with van der Waals surface area (Å²) in [5, 5.41) is 3.42. The molecule has 0 heterocycles. The predicted molar refractivity (Wildman–Crippen MR) is 91.5 cm³/mol. The van der Waals surface area contributed by atoms with E-state index in [-0.39, 0.29) is 5.97 Å². The molecule has 0 aliphatic heterocycles. The molecule has 0 amide bonds. The van der Waals surface area contributed by atoms with Crippen LogP contribution in [-0.2, 0) is 9.53 Å². The summed E-state index contributed by atoms with van der Waals surface area (Å²) in [5.74, 6) is 0.299. The van der Waals surface area contributed by atoms with Crippen LogP contribution in [0.15, 0.2) is 28.7 Å². The first kappa shape index (κ1) is 18.0. The number of rotatable bonds is 8. The van der Waals surface area contributed by atoms with E-state index in [9.17, 15) is 4.79 Å². The van der Waals surface area contributed by atoms with Crippen molar-refractivity contribution >= 4 is 27.6 Å². The highest BCUT2D eigenvalue weighted by Gasteiger charge is 2.39. The molecular weight excluding hydrogens is 330 g/mol. The van der Waals surface area contributed by atoms with E-state index in [4.69, 9.17) is 4.74 Å². The minimum atomic E-state index is -0.654. The first-order valence-corrected chi connectivity index (χ1v) is 8.47. The van der Waals surface area contributed by atoms with Crippen LogP contribution in [0.1, 0.15) is 47.0 Å². The second-order valence-electron chi connectivity index (χ2n) is 5.51. The standard InChI is InChI=1S/C17H26BrNO2/c1-5-13(4)12-17(6-2,16(20)21-7-3)19-15-10-8-14(18)9-11-15/h8-11,13,19H,5-7,12H2,1-4H3. The lowest BCUT2D eigenvalue weighted by molar-refractivity contribution is -0.149. The summed E-state index contributed by atoms with van der Waals surface area (Å²) < 4.78 is 6.35. The van der Waals surface area contributed by atoms with Crippen LogP contribution in [0, 0.1) is 5.92 Å². The van der Waals surface area contributed by atoms with Crippen molar-refractivity contribution in [2.24, 2.45) is 5.92 Å². The fourth-order valence-electron chi connectivity index (χ4n) is 2.38. The number of ether oxygens (including phenoxy) is 1. The Bertz CT molecular complexity index is 447. The molecule has 2 unspecified atom stereocenters. The summed E-state index contributed by atoms with van der Waals surface area (Å²) in [6.45, 7) is 8.61. The number of carbonyl (C=O) groups excluding carboxylic acids is 1. The van der Waals surface area contributed by atoms with Crippen molar-refractivity contribution < 1.29 is 9.53 Å². The van der Waals surface area contributed by atoms with E-state index in [1.807, 2.05) is 38.1 Å². The maximum absolute atomic E-state index is 12.5. The Labute approximate surface area is 136 Å². The number of anilines is 1. The van der Waals surface area contributed by atoms with Gasteiger partial charge in [-0.25, -0.2) is 4.79 Å². The monoisotopic (exact) mass is 355 g/mol. The summed E-state index contributed by atoms with van der Waals surface area (Å²) >= 11 is 3.43. The smallest absolute Gasteiger partial charge is 0.331 e. The Morgan fingerprint density at radius 3 is 2.38 bits per heavy atom. The third kappa shape index (κ3) is 5.03. The SMILES string of the molecule is CCOC(=O)C(CC)(CC(C)CC)Nc1ccc(Br)cc1. The van der Waals surface area contributed by atoms with Crippen molar-refractivity contribution in [3.8, 4) is 0 Å². The van der Waals surface area contributed by atoms with Gasteiger partial charge in [0.2, 0.25) is 0 Å². The van der Waals surface area contributed by atoms with E-state index in [2.05, 4.69) is 35.1 Å². The zero-order valence-corrected chi connectivity index (χ0v) is 15.0. The number of nitrogens with one attached hydrogen (secondary N) is 1. The van der Waals surface area contributed by atoms with Crippen LogP contribution >= 0.6 is 15.9 Å². The zero-order valence-electron chi connectivity index (χ0n) is 13.4. The average molecular weight is 356 g/mol. The molecule has 0 fully saturated rings. The van der Waals surface area contributed by atoms with Crippen molar-refractivity contribution in [1.29, 1.82) is 0 Å². The molecule has 118 valence electrons. The Hall–Kier alpha value is -1.03. The van der Waals surface area contributed by atoms with E-state index in [0.29, 0.717) is 18.9 Å². The van der Waals surface area contributed by atoms with Gasteiger partial charge < -0.3 is 10.1 Å². The molecule has 21 heavy (non-hydrogen) atoms. The van der Waals surface area contributed by atoms with Gasteiger partial charge in [0.15, 0.2) is 0 Å². The summed E-state index contributed by atoms with van der Waals surface area (Å²) in [4.78, 5) is 12.5. The highest BCUT2D eigenvalue weighted by molar-refractivity contribution is 9.10. The van der Waals surface area contributed by atoms with E-state index < -0.39 is 5.54 Å². The minimum absolute atomic E-state index is 0.157. The highest BCUT2D eigenvalue weighted by atomic mass is 79.9. The number of halogens is 1. The van der Waals surface area contributed by atoms with Crippen molar-refractivity contribution in [3.05, 3.63) is 28.7 Å². The molecule has 2 atom stereocenters. The van der Waals surface area contributed by atoms with E-state index >= 15 is 0 Å².